The van der Waals surface area contributed by atoms with Crippen LogP contribution in [0.4, 0.5) is 4.79 Å². The molecule has 9 nitrogen and oxygen atoms in total. The van der Waals surface area contributed by atoms with Crippen molar-refractivity contribution in [1.82, 2.24) is 15.5 Å². The molecule has 1 amide bonds. The fourth-order valence-electron chi connectivity index (χ4n) is 3.67. The number of carbonyl (C=O) groups is 2. The number of amides is 1. The first-order chi connectivity index (χ1) is 19.0. The summed E-state index contributed by atoms with van der Waals surface area (Å²) in [7, 11) is 0. The highest BCUT2D eigenvalue weighted by Gasteiger charge is 2.27. The molecule has 0 saturated carbocycles. The van der Waals surface area contributed by atoms with Crippen molar-refractivity contribution >= 4 is 47.5 Å². The minimum absolute atomic E-state index is 0. The number of aromatic nitrogens is 2. The second kappa shape index (κ2) is 16.6. The number of rotatable bonds is 14. The monoisotopic (exact) mass is 626 g/mol. The fourth-order valence-corrected chi connectivity index (χ4v) is 3.99. The minimum atomic E-state index is -0.843. The highest BCUT2D eigenvalue weighted by atomic mass is 35.5. The Kier molecular flexibility index (Phi) is 13.9. The second-order valence-electron chi connectivity index (χ2n) is 10.7. The van der Waals surface area contributed by atoms with Crippen LogP contribution in [0.1, 0.15) is 67.7 Å². The van der Waals surface area contributed by atoms with E-state index in [2.05, 4.69) is 15.5 Å². The van der Waals surface area contributed by atoms with Crippen LogP contribution in [0.15, 0.2) is 47.0 Å². The lowest BCUT2D eigenvalue weighted by Crippen LogP contribution is -2.42. The van der Waals surface area contributed by atoms with Crippen LogP contribution in [0, 0.1) is 5.41 Å². The fraction of sp³-hybridized carbons (Fsp3) is 0.448. The van der Waals surface area contributed by atoms with Gasteiger partial charge in [-0.2, -0.15) is 4.98 Å². The normalized spacial score (nSPS) is 11.9. The predicted molar refractivity (Wildman–Crippen MR) is 161 cm³/mol. The van der Waals surface area contributed by atoms with E-state index in [1.54, 1.807) is 6.07 Å². The summed E-state index contributed by atoms with van der Waals surface area (Å²) in [4.78, 5) is 29.7. The molecule has 0 saturated heterocycles. The molecule has 1 aromatic heterocycles. The van der Waals surface area contributed by atoms with E-state index >= 15 is 0 Å². The summed E-state index contributed by atoms with van der Waals surface area (Å²) in [5.41, 5.74) is 7.33. The minimum Gasteiger partial charge on any atom is -0.493 e. The average molecular weight is 628 g/mol. The molecule has 0 fully saturated rings. The molecule has 41 heavy (non-hydrogen) atoms. The van der Waals surface area contributed by atoms with Crippen molar-refractivity contribution in [2.45, 2.75) is 58.9 Å². The molecule has 0 unspecified atom stereocenters. The van der Waals surface area contributed by atoms with Gasteiger partial charge in [-0.05, 0) is 66.6 Å². The lowest BCUT2D eigenvalue weighted by atomic mass is 9.99. The number of ether oxygens (including phenoxy) is 2. The molecule has 1 atom stereocenters. The van der Waals surface area contributed by atoms with Crippen molar-refractivity contribution in [2.75, 3.05) is 19.8 Å². The number of unbranched alkanes of at least 4 members (excludes halogenated alkanes) is 1. The Morgan fingerprint density at radius 3 is 2.41 bits per heavy atom. The number of hydrogen-bond acceptors (Lipinski definition) is 8. The summed E-state index contributed by atoms with van der Waals surface area (Å²) in [6.45, 7) is 7.04. The summed E-state index contributed by atoms with van der Waals surface area (Å²) in [5, 5.41) is 7.55. The Morgan fingerprint density at radius 1 is 1.05 bits per heavy atom. The molecule has 12 heteroatoms. The van der Waals surface area contributed by atoms with Gasteiger partial charge in [0.15, 0.2) is 0 Å². The topological polar surface area (TPSA) is 130 Å². The van der Waals surface area contributed by atoms with Crippen LogP contribution in [0.25, 0.3) is 0 Å². The molecule has 0 aliphatic carbocycles. The van der Waals surface area contributed by atoms with Crippen LogP contribution in [0.5, 0.6) is 5.75 Å². The van der Waals surface area contributed by atoms with Crippen molar-refractivity contribution in [3.05, 3.63) is 75.4 Å². The van der Waals surface area contributed by atoms with Gasteiger partial charge in [-0.1, -0.05) is 67.3 Å². The number of nitrogens with one attached hydrogen (secondary N) is 1. The van der Waals surface area contributed by atoms with Gasteiger partial charge in [-0.3, -0.25) is 4.79 Å². The molecule has 0 aliphatic heterocycles. The van der Waals surface area contributed by atoms with Gasteiger partial charge in [0.25, 0.3) is 0 Å². The van der Waals surface area contributed by atoms with E-state index in [4.69, 9.17) is 42.9 Å². The molecule has 3 N–H and O–H groups in total. The molecule has 0 spiro atoms. The number of nitrogens with zero attached hydrogens (tertiary/aromatic N) is 2. The van der Waals surface area contributed by atoms with Crippen LogP contribution >= 0.6 is 35.6 Å². The number of nitrogens with two attached hydrogens (primary N) is 1. The van der Waals surface area contributed by atoms with E-state index in [-0.39, 0.29) is 36.1 Å². The quantitative estimate of drug-likeness (QED) is 0.154. The lowest BCUT2D eigenvalue weighted by molar-refractivity contribution is 0.0856. The van der Waals surface area contributed by atoms with Gasteiger partial charge in [0.05, 0.1) is 35.7 Å². The van der Waals surface area contributed by atoms with Crippen molar-refractivity contribution in [2.24, 2.45) is 11.1 Å². The van der Waals surface area contributed by atoms with Gasteiger partial charge in [-0.25, -0.2) is 4.79 Å². The SMILES string of the molecule is CC(C)(C)COC(=O)N[C@@H](CCCCN)C(=O)c1noc(Cc2ccc(OCCc3ccc(Cl)c(Cl)c3)cc2)n1.Cl. The Hall–Kier alpha value is -2.85. The molecule has 0 aliphatic rings. The smallest absolute Gasteiger partial charge is 0.407 e. The summed E-state index contributed by atoms with van der Waals surface area (Å²) in [6.07, 6.45) is 2.12. The van der Waals surface area contributed by atoms with Crippen molar-refractivity contribution in [1.29, 1.82) is 0 Å². The van der Waals surface area contributed by atoms with Crippen molar-refractivity contribution in [3.63, 3.8) is 0 Å². The molecular weight excluding hydrogens is 591 g/mol. The van der Waals surface area contributed by atoms with Crippen LogP contribution in [0.2, 0.25) is 10.0 Å². The molecule has 224 valence electrons. The van der Waals surface area contributed by atoms with Gasteiger partial charge in [0, 0.05) is 6.42 Å². The average Bonchev–Trinajstić information content (AvgIpc) is 3.38. The highest BCUT2D eigenvalue weighted by molar-refractivity contribution is 6.42. The van der Waals surface area contributed by atoms with Gasteiger partial charge >= 0.3 is 6.09 Å². The van der Waals surface area contributed by atoms with Gasteiger partial charge in [0.1, 0.15) is 5.75 Å². The third-order valence-electron chi connectivity index (χ3n) is 5.80. The molecular formula is C29H37Cl3N4O5. The van der Waals surface area contributed by atoms with Crippen LogP contribution in [-0.4, -0.2) is 47.8 Å². The van der Waals surface area contributed by atoms with E-state index in [0.717, 1.165) is 23.3 Å². The largest absolute Gasteiger partial charge is 0.493 e. The van der Waals surface area contributed by atoms with E-state index in [0.29, 0.717) is 48.9 Å². The first-order valence-corrected chi connectivity index (χ1v) is 14.0. The van der Waals surface area contributed by atoms with Crippen LogP contribution < -0.4 is 15.8 Å². The number of alkyl carbamates (subject to hydrolysis) is 1. The maximum absolute atomic E-state index is 13.1. The number of hydrogen-bond donors (Lipinski definition) is 2. The second-order valence-corrected chi connectivity index (χ2v) is 11.5. The Bertz CT molecular complexity index is 1260. The molecule has 1 heterocycles. The Balaban J connectivity index is 0.00000588. The van der Waals surface area contributed by atoms with Crippen LogP contribution in [0.3, 0.4) is 0 Å². The standard InChI is InChI=1S/C29H36Cl2N4O5.ClH/c1-29(2,3)18-39-28(37)33-24(6-4-5-14-32)26(36)27-34-25(40-35-27)17-19-7-10-21(11-8-19)38-15-13-20-9-12-22(30)23(31)16-20;/h7-12,16,24H,4-6,13-15,17-18,32H2,1-3H3,(H,33,37);1H/t24-;/m0./s1. The van der Waals surface area contributed by atoms with Crippen molar-refractivity contribution in [3.8, 4) is 5.75 Å². The van der Waals surface area contributed by atoms with Gasteiger partial charge in [-0.15, -0.1) is 12.4 Å². The first-order valence-electron chi connectivity index (χ1n) is 13.2. The number of benzene rings is 2. The zero-order valence-electron chi connectivity index (χ0n) is 23.5. The zero-order valence-corrected chi connectivity index (χ0v) is 25.8. The molecule has 0 radical (unpaired) electrons. The van der Waals surface area contributed by atoms with Gasteiger partial charge in [0.2, 0.25) is 17.5 Å². The van der Waals surface area contributed by atoms with E-state index in [9.17, 15) is 9.59 Å². The van der Waals surface area contributed by atoms with E-state index in [1.807, 2.05) is 57.2 Å². The number of Topliss-reactive ketones (excluding diaryl/α,β-unsaturated/α-hetero) is 1. The first kappa shape index (κ1) is 34.4. The summed E-state index contributed by atoms with van der Waals surface area (Å²) >= 11 is 12.0. The lowest BCUT2D eigenvalue weighted by Gasteiger charge is -2.20. The highest BCUT2D eigenvalue weighted by Crippen LogP contribution is 2.23. The Labute approximate surface area is 256 Å². The van der Waals surface area contributed by atoms with Gasteiger partial charge < -0.3 is 25.0 Å². The molecule has 2 aromatic carbocycles. The summed E-state index contributed by atoms with van der Waals surface area (Å²) in [6, 6.07) is 12.2. The summed E-state index contributed by atoms with van der Waals surface area (Å²) < 4.78 is 16.4. The van der Waals surface area contributed by atoms with E-state index in [1.165, 1.54) is 0 Å². The van der Waals surface area contributed by atoms with Crippen LogP contribution in [-0.2, 0) is 17.6 Å². The van der Waals surface area contributed by atoms with Crippen molar-refractivity contribution < 1.29 is 23.6 Å². The zero-order chi connectivity index (χ0) is 29.1. The molecule has 3 aromatic rings. The molecule has 3 rings (SSSR count). The summed E-state index contributed by atoms with van der Waals surface area (Å²) in [5.74, 6) is 0.471. The Morgan fingerprint density at radius 2 is 1.76 bits per heavy atom. The number of ketones is 1. The predicted octanol–water partition coefficient (Wildman–Crippen LogP) is 6.46. The number of carbonyl (C=O) groups excluding carboxylic acids is 2. The molecule has 0 bridgehead atoms. The van der Waals surface area contributed by atoms with E-state index < -0.39 is 17.9 Å². The maximum atomic E-state index is 13.1. The maximum Gasteiger partial charge on any atom is 0.407 e. The number of halogens is 3. The third-order valence-corrected chi connectivity index (χ3v) is 6.54. The third kappa shape index (κ3) is 11.9.